The number of aromatic nitrogens is 1. The van der Waals surface area contributed by atoms with E-state index in [9.17, 15) is 5.11 Å². The molecule has 1 aromatic heterocycles. The molecule has 1 unspecified atom stereocenters. The average Bonchev–Trinajstić information content (AvgIpc) is 2.28. The molecule has 0 spiro atoms. The molecule has 3 nitrogen and oxygen atoms in total. The fourth-order valence-corrected chi connectivity index (χ4v) is 1.89. The molecule has 0 aliphatic heterocycles. The molecule has 0 saturated carbocycles. The van der Waals surface area contributed by atoms with Gasteiger partial charge in [0.1, 0.15) is 6.10 Å². The van der Waals surface area contributed by atoms with Crippen LogP contribution >= 0.6 is 11.3 Å². The van der Waals surface area contributed by atoms with Crippen LogP contribution in [0.25, 0.3) is 0 Å². The molecule has 0 aliphatic rings. The van der Waals surface area contributed by atoms with E-state index in [1.165, 1.54) is 11.3 Å². The van der Waals surface area contributed by atoms with Crippen LogP contribution in [0, 0.1) is 13.8 Å². The first-order valence-electron chi connectivity index (χ1n) is 3.47. The van der Waals surface area contributed by atoms with E-state index < -0.39 is 6.10 Å². The Morgan fingerprint density at radius 2 is 2.27 bits per heavy atom. The summed E-state index contributed by atoms with van der Waals surface area (Å²) in [5, 5.41) is 10.3. The quantitative estimate of drug-likeness (QED) is 0.692. The summed E-state index contributed by atoms with van der Waals surface area (Å²) >= 11 is 1.51. The normalized spacial score (nSPS) is 13.5. The Morgan fingerprint density at radius 1 is 1.64 bits per heavy atom. The lowest BCUT2D eigenvalue weighted by atomic mass is 10.2. The van der Waals surface area contributed by atoms with Gasteiger partial charge in [-0.1, -0.05) is 0 Å². The summed E-state index contributed by atoms with van der Waals surface area (Å²) in [6.45, 7) is 4.07. The van der Waals surface area contributed by atoms with Crippen molar-refractivity contribution in [3.63, 3.8) is 0 Å². The van der Waals surface area contributed by atoms with E-state index in [2.05, 4.69) is 4.98 Å². The molecular weight excluding hydrogens is 160 g/mol. The molecule has 3 N–H and O–H groups in total. The predicted octanol–water partition coefficient (Wildman–Crippen LogP) is 0.752. The number of nitrogens with two attached hydrogens (primary N) is 1. The molecule has 4 heteroatoms. The minimum atomic E-state index is -0.541. The lowest BCUT2D eigenvalue weighted by molar-refractivity contribution is 0.189. The lowest BCUT2D eigenvalue weighted by Crippen LogP contribution is -2.10. The van der Waals surface area contributed by atoms with Crippen LogP contribution in [0.1, 0.15) is 21.7 Å². The third-order valence-corrected chi connectivity index (χ3v) is 2.64. The van der Waals surface area contributed by atoms with Crippen LogP contribution in [0.2, 0.25) is 0 Å². The van der Waals surface area contributed by atoms with E-state index >= 15 is 0 Å². The number of hydrogen-bond donors (Lipinski definition) is 2. The van der Waals surface area contributed by atoms with Gasteiger partial charge in [0.15, 0.2) is 0 Å². The summed E-state index contributed by atoms with van der Waals surface area (Å²) in [4.78, 5) is 5.08. The third kappa shape index (κ3) is 1.77. The molecule has 1 atom stereocenters. The van der Waals surface area contributed by atoms with Crippen LogP contribution < -0.4 is 5.73 Å². The summed E-state index contributed by atoms with van der Waals surface area (Å²) < 4.78 is 0. The van der Waals surface area contributed by atoms with Gasteiger partial charge in [-0.3, -0.25) is 0 Å². The Kier molecular flexibility index (Phi) is 2.59. The van der Waals surface area contributed by atoms with Crippen molar-refractivity contribution in [2.45, 2.75) is 20.0 Å². The first kappa shape index (κ1) is 8.64. The largest absolute Gasteiger partial charge is 0.386 e. The van der Waals surface area contributed by atoms with Crippen molar-refractivity contribution >= 4 is 11.3 Å². The van der Waals surface area contributed by atoms with Crippen molar-refractivity contribution in [2.24, 2.45) is 5.73 Å². The van der Waals surface area contributed by atoms with Crippen molar-refractivity contribution in [3.05, 3.63) is 15.6 Å². The van der Waals surface area contributed by atoms with Crippen molar-refractivity contribution in [2.75, 3.05) is 6.54 Å². The van der Waals surface area contributed by atoms with Gasteiger partial charge in [0, 0.05) is 6.54 Å². The van der Waals surface area contributed by atoms with Crippen molar-refractivity contribution in [3.8, 4) is 0 Å². The van der Waals surface area contributed by atoms with Crippen LogP contribution in [0.15, 0.2) is 0 Å². The number of thiazole rings is 1. The highest BCUT2D eigenvalue weighted by Crippen LogP contribution is 2.23. The Labute approximate surface area is 69.9 Å². The Morgan fingerprint density at radius 3 is 2.64 bits per heavy atom. The summed E-state index contributed by atoms with van der Waals surface area (Å²) in [6.07, 6.45) is -0.541. The zero-order valence-corrected chi connectivity index (χ0v) is 7.48. The van der Waals surface area contributed by atoms with E-state index in [-0.39, 0.29) is 6.54 Å². The molecule has 11 heavy (non-hydrogen) atoms. The molecular formula is C7H12N2OS. The second-order valence-corrected chi connectivity index (χ2v) is 3.67. The highest BCUT2D eigenvalue weighted by atomic mass is 32.1. The first-order chi connectivity index (χ1) is 5.15. The van der Waals surface area contributed by atoms with Gasteiger partial charge in [-0.2, -0.15) is 0 Å². The lowest BCUT2D eigenvalue weighted by Gasteiger charge is -2.03. The average molecular weight is 172 g/mol. The van der Waals surface area contributed by atoms with Crippen LogP contribution in [0.3, 0.4) is 0 Å². The fourth-order valence-electron chi connectivity index (χ4n) is 0.963. The van der Waals surface area contributed by atoms with Gasteiger partial charge >= 0.3 is 0 Å². The molecule has 0 radical (unpaired) electrons. The molecule has 0 fully saturated rings. The molecule has 0 aromatic carbocycles. The van der Waals surface area contributed by atoms with Crippen molar-refractivity contribution in [1.29, 1.82) is 0 Å². The monoisotopic (exact) mass is 172 g/mol. The first-order valence-corrected chi connectivity index (χ1v) is 4.29. The minimum absolute atomic E-state index is 0.266. The molecule has 0 saturated heterocycles. The van der Waals surface area contributed by atoms with E-state index in [4.69, 9.17) is 5.73 Å². The van der Waals surface area contributed by atoms with E-state index in [1.54, 1.807) is 0 Å². The van der Waals surface area contributed by atoms with Crippen molar-refractivity contribution < 1.29 is 5.11 Å². The second-order valence-electron chi connectivity index (χ2n) is 2.43. The number of hydrogen-bond acceptors (Lipinski definition) is 4. The predicted molar refractivity (Wildman–Crippen MR) is 45.6 cm³/mol. The fraction of sp³-hybridized carbons (Fsp3) is 0.571. The number of nitrogens with zero attached hydrogens (tertiary/aromatic N) is 1. The number of aliphatic hydroxyl groups excluding tert-OH is 1. The van der Waals surface area contributed by atoms with Crippen LogP contribution in [-0.4, -0.2) is 16.6 Å². The minimum Gasteiger partial charge on any atom is -0.386 e. The maximum Gasteiger partial charge on any atom is 0.102 e. The van der Waals surface area contributed by atoms with Crippen LogP contribution in [0.5, 0.6) is 0 Å². The molecule has 1 rings (SSSR count). The summed E-state index contributed by atoms with van der Waals surface area (Å²) in [5.74, 6) is 0. The van der Waals surface area contributed by atoms with Gasteiger partial charge in [0.2, 0.25) is 0 Å². The van der Waals surface area contributed by atoms with Gasteiger partial charge in [-0.15, -0.1) is 11.3 Å². The molecule has 0 bridgehead atoms. The molecule has 62 valence electrons. The second kappa shape index (κ2) is 3.30. The Balaban J connectivity index is 2.93. The van der Waals surface area contributed by atoms with E-state index in [1.807, 2.05) is 13.8 Å². The smallest absolute Gasteiger partial charge is 0.102 e. The standard InChI is InChI=1S/C7H12N2OS/c1-4-7(6(10)3-8)11-5(2)9-4/h6,10H,3,8H2,1-2H3. The zero-order chi connectivity index (χ0) is 8.43. The third-order valence-electron chi connectivity index (χ3n) is 1.47. The number of aliphatic hydroxyl groups is 1. The van der Waals surface area contributed by atoms with Gasteiger partial charge < -0.3 is 10.8 Å². The Hall–Kier alpha value is -0.450. The van der Waals surface area contributed by atoms with Gasteiger partial charge in [-0.25, -0.2) is 4.98 Å². The van der Waals surface area contributed by atoms with E-state index in [0.29, 0.717) is 0 Å². The summed E-state index contributed by atoms with van der Waals surface area (Å²) in [5.41, 5.74) is 6.21. The molecule has 1 heterocycles. The van der Waals surface area contributed by atoms with Gasteiger partial charge in [0.05, 0.1) is 15.6 Å². The number of rotatable bonds is 2. The number of aryl methyl sites for hydroxylation is 2. The van der Waals surface area contributed by atoms with Crippen LogP contribution in [0.4, 0.5) is 0 Å². The molecule has 1 aromatic rings. The maximum absolute atomic E-state index is 9.37. The zero-order valence-electron chi connectivity index (χ0n) is 6.66. The summed E-state index contributed by atoms with van der Waals surface area (Å²) in [7, 11) is 0. The highest BCUT2D eigenvalue weighted by Gasteiger charge is 2.12. The Bertz CT molecular complexity index is 247. The van der Waals surface area contributed by atoms with Crippen molar-refractivity contribution in [1.82, 2.24) is 4.98 Å². The topological polar surface area (TPSA) is 59.1 Å². The maximum atomic E-state index is 9.37. The summed E-state index contributed by atoms with van der Waals surface area (Å²) in [6, 6.07) is 0. The molecule has 0 aliphatic carbocycles. The SMILES string of the molecule is Cc1nc(C)c(C(O)CN)s1. The van der Waals surface area contributed by atoms with Gasteiger partial charge in [-0.05, 0) is 13.8 Å². The van der Waals surface area contributed by atoms with Crippen LogP contribution in [-0.2, 0) is 0 Å². The van der Waals surface area contributed by atoms with Gasteiger partial charge in [0.25, 0.3) is 0 Å². The van der Waals surface area contributed by atoms with E-state index in [0.717, 1.165) is 15.6 Å². The highest BCUT2D eigenvalue weighted by molar-refractivity contribution is 7.11. The molecule has 0 amide bonds.